The molecule has 0 radical (unpaired) electrons. The lowest BCUT2D eigenvalue weighted by Crippen LogP contribution is -2.50. The summed E-state index contributed by atoms with van der Waals surface area (Å²) in [6, 6.07) is 0.807. The SMILES string of the molecule is CCCC(CC)NC(=O)N1CCc2sccc2C1C(=O)O. The summed E-state index contributed by atoms with van der Waals surface area (Å²) in [6.45, 7) is 4.56. The van der Waals surface area contributed by atoms with Crippen molar-refractivity contribution in [1.29, 1.82) is 0 Å². The van der Waals surface area contributed by atoms with Crippen LogP contribution in [0.25, 0.3) is 0 Å². The van der Waals surface area contributed by atoms with Gasteiger partial charge in [0.1, 0.15) is 0 Å². The quantitative estimate of drug-likeness (QED) is 0.878. The van der Waals surface area contributed by atoms with Crippen LogP contribution in [0.15, 0.2) is 11.4 Å². The Balaban J connectivity index is 2.15. The van der Waals surface area contributed by atoms with Crippen molar-refractivity contribution in [3.8, 4) is 0 Å². The molecule has 2 rings (SSSR count). The second kappa shape index (κ2) is 6.93. The molecule has 0 aliphatic carbocycles. The summed E-state index contributed by atoms with van der Waals surface area (Å²) in [6.07, 6.45) is 3.50. The number of urea groups is 1. The van der Waals surface area contributed by atoms with Crippen molar-refractivity contribution in [2.45, 2.75) is 51.6 Å². The number of nitrogens with zero attached hydrogens (tertiary/aromatic N) is 1. The number of thiophene rings is 1. The zero-order chi connectivity index (χ0) is 15.4. The zero-order valence-electron chi connectivity index (χ0n) is 12.5. The van der Waals surface area contributed by atoms with Crippen molar-refractivity contribution in [2.75, 3.05) is 6.54 Å². The monoisotopic (exact) mass is 310 g/mol. The van der Waals surface area contributed by atoms with E-state index < -0.39 is 12.0 Å². The molecule has 0 saturated heterocycles. The summed E-state index contributed by atoms with van der Waals surface area (Å²) < 4.78 is 0. The van der Waals surface area contributed by atoms with Gasteiger partial charge in [0, 0.05) is 17.5 Å². The number of carboxylic acid groups (broad SMARTS) is 1. The standard InChI is InChI=1S/C15H22N2O3S/c1-3-5-10(4-2)16-15(20)17-8-6-12-11(7-9-21-12)13(17)14(18)19/h7,9-10,13H,3-6,8H2,1-2H3,(H,16,20)(H,18,19). The van der Waals surface area contributed by atoms with Crippen LogP contribution in [-0.4, -0.2) is 34.6 Å². The van der Waals surface area contributed by atoms with Crippen LogP contribution in [0.5, 0.6) is 0 Å². The number of aliphatic carboxylic acids is 1. The van der Waals surface area contributed by atoms with Crippen molar-refractivity contribution >= 4 is 23.3 Å². The average molecular weight is 310 g/mol. The van der Waals surface area contributed by atoms with Gasteiger partial charge in [0.25, 0.3) is 0 Å². The van der Waals surface area contributed by atoms with Crippen LogP contribution in [0.2, 0.25) is 0 Å². The summed E-state index contributed by atoms with van der Waals surface area (Å²) in [7, 11) is 0. The third kappa shape index (κ3) is 3.37. The minimum atomic E-state index is -0.965. The van der Waals surface area contributed by atoms with Gasteiger partial charge in [-0.25, -0.2) is 9.59 Å². The number of nitrogens with one attached hydrogen (secondary N) is 1. The van der Waals surface area contributed by atoms with E-state index in [0.717, 1.165) is 36.1 Å². The highest BCUT2D eigenvalue weighted by atomic mass is 32.1. The Hall–Kier alpha value is -1.56. The molecule has 2 N–H and O–H groups in total. The normalized spacial score (nSPS) is 19.0. The van der Waals surface area contributed by atoms with Crippen LogP contribution in [0.1, 0.15) is 49.6 Å². The van der Waals surface area contributed by atoms with Crippen molar-refractivity contribution in [1.82, 2.24) is 10.2 Å². The Morgan fingerprint density at radius 3 is 2.90 bits per heavy atom. The molecule has 116 valence electrons. The van der Waals surface area contributed by atoms with E-state index in [2.05, 4.69) is 12.2 Å². The number of hydrogen-bond acceptors (Lipinski definition) is 3. The Bertz CT molecular complexity index is 515. The highest BCUT2D eigenvalue weighted by Gasteiger charge is 2.36. The molecule has 0 bridgehead atoms. The molecule has 5 nitrogen and oxygen atoms in total. The van der Waals surface area contributed by atoms with Gasteiger partial charge >= 0.3 is 12.0 Å². The highest BCUT2D eigenvalue weighted by Crippen LogP contribution is 2.33. The van der Waals surface area contributed by atoms with E-state index in [1.807, 2.05) is 18.4 Å². The largest absolute Gasteiger partial charge is 0.479 e. The van der Waals surface area contributed by atoms with Crippen LogP contribution in [0.3, 0.4) is 0 Å². The first-order valence-electron chi connectivity index (χ1n) is 7.44. The third-order valence-corrected chi connectivity index (χ3v) is 4.91. The summed E-state index contributed by atoms with van der Waals surface area (Å²) in [5.74, 6) is -0.965. The van der Waals surface area contributed by atoms with E-state index in [4.69, 9.17) is 0 Å². The molecule has 1 aromatic rings. The zero-order valence-corrected chi connectivity index (χ0v) is 13.3. The molecule has 0 spiro atoms. The molecule has 2 amide bonds. The van der Waals surface area contributed by atoms with Crippen molar-refractivity contribution in [2.24, 2.45) is 0 Å². The molecule has 0 saturated carbocycles. The van der Waals surface area contributed by atoms with Crippen LogP contribution in [0.4, 0.5) is 4.79 Å². The van der Waals surface area contributed by atoms with Crippen molar-refractivity contribution in [3.63, 3.8) is 0 Å². The van der Waals surface area contributed by atoms with Gasteiger partial charge < -0.3 is 15.3 Å². The molecule has 2 unspecified atom stereocenters. The van der Waals surface area contributed by atoms with Crippen LogP contribution in [0, 0.1) is 0 Å². The number of carbonyl (C=O) groups excluding carboxylic acids is 1. The average Bonchev–Trinajstić information content (AvgIpc) is 2.93. The minimum Gasteiger partial charge on any atom is -0.479 e. The maximum absolute atomic E-state index is 12.4. The molecule has 2 heterocycles. The Labute approximate surface area is 129 Å². The molecule has 2 atom stereocenters. The smallest absolute Gasteiger partial charge is 0.331 e. The van der Waals surface area contributed by atoms with Crippen LogP contribution in [-0.2, 0) is 11.2 Å². The molecule has 1 aliphatic rings. The number of amides is 2. The number of rotatable bonds is 5. The predicted octanol–water partition coefficient (Wildman–Crippen LogP) is 3.02. The van der Waals surface area contributed by atoms with E-state index in [1.54, 1.807) is 11.3 Å². The van der Waals surface area contributed by atoms with Crippen molar-refractivity contribution < 1.29 is 14.7 Å². The van der Waals surface area contributed by atoms with Gasteiger partial charge in [0.15, 0.2) is 6.04 Å². The maximum Gasteiger partial charge on any atom is 0.331 e. The van der Waals surface area contributed by atoms with Gasteiger partial charge in [0.2, 0.25) is 0 Å². The number of fused-ring (bicyclic) bond motifs is 1. The molecule has 1 aliphatic heterocycles. The summed E-state index contributed by atoms with van der Waals surface area (Å²) in [5.41, 5.74) is 0.762. The van der Waals surface area contributed by atoms with Gasteiger partial charge in [0.05, 0.1) is 0 Å². The van der Waals surface area contributed by atoms with Gasteiger partial charge in [-0.2, -0.15) is 0 Å². The van der Waals surface area contributed by atoms with E-state index in [0.29, 0.717) is 6.54 Å². The molecule has 1 aromatic heterocycles. The molecule has 0 aromatic carbocycles. The van der Waals surface area contributed by atoms with E-state index >= 15 is 0 Å². The van der Waals surface area contributed by atoms with Gasteiger partial charge in [-0.05, 0) is 36.3 Å². The Morgan fingerprint density at radius 1 is 1.52 bits per heavy atom. The first-order chi connectivity index (χ1) is 10.1. The second-order valence-corrected chi connectivity index (χ2v) is 6.33. The number of carbonyl (C=O) groups is 2. The lowest BCUT2D eigenvalue weighted by molar-refractivity contribution is -0.142. The second-order valence-electron chi connectivity index (χ2n) is 5.33. The molecule has 0 fully saturated rings. The lowest BCUT2D eigenvalue weighted by Gasteiger charge is -2.34. The molecular weight excluding hydrogens is 288 g/mol. The first kappa shape index (κ1) is 15.8. The van der Waals surface area contributed by atoms with Gasteiger partial charge in [-0.1, -0.05) is 20.3 Å². The molecule has 21 heavy (non-hydrogen) atoms. The first-order valence-corrected chi connectivity index (χ1v) is 8.32. The lowest BCUT2D eigenvalue weighted by atomic mass is 10.0. The number of carboxylic acids is 1. The van der Waals surface area contributed by atoms with Crippen LogP contribution >= 0.6 is 11.3 Å². The molecule has 6 heteroatoms. The van der Waals surface area contributed by atoms with E-state index in [1.165, 1.54) is 4.90 Å². The highest BCUT2D eigenvalue weighted by molar-refractivity contribution is 7.10. The fourth-order valence-corrected chi connectivity index (χ4v) is 3.69. The number of hydrogen-bond donors (Lipinski definition) is 2. The molecular formula is C15H22N2O3S. The van der Waals surface area contributed by atoms with Crippen molar-refractivity contribution in [3.05, 3.63) is 21.9 Å². The fourth-order valence-electron chi connectivity index (χ4n) is 2.79. The third-order valence-electron chi connectivity index (χ3n) is 3.92. The van der Waals surface area contributed by atoms with E-state index in [9.17, 15) is 14.7 Å². The Kier molecular flexibility index (Phi) is 5.22. The summed E-state index contributed by atoms with van der Waals surface area (Å²) >= 11 is 1.57. The van der Waals surface area contributed by atoms with Gasteiger partial charge in [-0.15, -0.1) is 11.3 Å². The van der Waals surface area contributed by atoms with Crippen LogP contribution < -0.4 is 5.32 Å². The predicted molar refractivity (Wildman–Crippen MR) is 82.6 cm³/mol. The summed E-state index contributed by atoms with van der Waals surface area (Å²) in [4.78, 5) is 26.6. The maximum atomic E-state index is 12.4. The topological polar surface area (TPSA) is 69.6 Å². The van der Waals surface area contributed by atoms with Gasteiger partial charge in [-0.3, -0.25) is 0 Å². The fraction of sp³-hybridized carbons (Fsp3) is 0.600. The Morgan fingerprint density at radius 2 is 2.29 bits per heavy atom. The minimum absolute atomic E-state index is 0.112. The summed E-state index contributed by atoms with van der Waals surface area (Å²) in [5, 5.41) is 14.4. The van der Waals surface area contributed by atoms with E-state index in [-0.39, 0.29) is 12.1 Å².